The van der Waals surface area contributed by atoms with Gasteiger partial charge in [0.1, 0.15) is 23.9 Å². The number of allylic oxidation sites excluding steroid dienone is 1. The molecule has 0 N–H and O–H groups in total. The van der Waals surface area contributed by atoms with Gasteiger partial charge in [0, 0.05) is 6.07 Å². The molecule has 0 spiro atoms. The van der Waals surface area contributed by atoms with Gasteiger partial charge in [-0.2, -0.15) is 0 Å². The Hall–Kier alpha value is -3.40. The van der Waals surface area contributed by atoms with Gasteiger partial charge in [0.2, 0.25) is 5.78 Å². The molecule has 0 radical (unpaired) electrons. The second-order valence-electron chi connectivity index (χ2n) is 6.37. The molecule has 0 unspecified atom stereocenters. The van der Waals surface area contributed by atoms with Gasteiger partial charge in [-0.05, 0) is 54.0 Å². The smallest absolute Gasteiger partial charge is 0.231 e. The van der Waals surface area contributed by atoms with Crippen molar-refractivity contribution in [1.82, 2.24) is 0 Å². The molecule has 4 rings (SSSR count). The van der Waals surface area contributed by atoms with Crippen molar-refractivity contribution in [2.75, 3.05) is 0 Å². The lowest BCUT2D eigenvalue weighted by molar-refractivity contribution is 0.101. The average molecular weight is 360 g/mol. The summed E-state index contributed by atoms with van der Waals surface area (Å²) in [5.74, 6) is 0.660. The number of benzene rings is 3. The minimum Gasteiger partial charge on any atom is -0.489 e. The van der Waals surface area contributed by atoms with Crippen LogP contribution < -0.4 is 9.47 Å². The Kier molecular flexibility index (Phi) is 4.47. The fourth-order valence-corrected chi connectivity index (χ4v) is 2.94. The third-order valence-corrected chi connectivity index (χ3v) is 4.44. The first-order valence-electron chi connectivity index (χ1n) is 8.61. The molecule has 0 fully saturated rings. The van der Waals surface area contributed by atoms with Crippen LogP contribution in [-0.4, -0.2) is 5.78 Å². The van der Waals surface area contributed by atoms with Crippen LogP contribution in [0.1, 0.15) is 27.0 Å². The highest BCUT2D eigenvalue weighted by atomic mass is 19.1. The monoisotopic (exact) mass is 360 g/mol. The number of aryl methyl sites for hydroxylation is 1. The lowest BCUT2D eigenvalue weighted by Gasteiger charge is -2.09. The molecule has 0 saturated heterocycles. The van der Waals surface area contributed by atoms with Crippen molar-refractivity contribution in [3.8, 4) is 11.5 Å². The lowest BCUT2D eigenvalue weighted by atomic mass is 10.1. The first-order valence-corrected chi connectivity index (χ1v) is 8.61. The van der Waals surface area contributed by atoms with Crippen molar-refractivity contribution in [2.24, 2.45) is 0 Å². The molecule has 134 valence electrons. The van der Waals surface area contributed by atoms with E-state index in [9.17, 15) is 9.18 Å². The Morgan fingerprint density at radius 3 is 2.70 bits per heavy atom. The van der Waals surface area contributed by atoms with E-state index in [4.69, 9.17) is 9.47 Å². The molecule has 27 heavy (non-hydrogen) atoms. The van der Waals surface area contributed by atoms with Gasteiger partial charge >= 0.3 is 0 Å². The van der Waals surface area contributed by atoms with Crippen LogP contribution in [0.3, 0.4) is 0 Å². The average Bonchev–Trinajstić information content (AvgIpc) is 2.96. The molecule has 0 saturated carbocycles. The van der Waals surface area contributed by atoms with E-state index in [-0.39, 0.29) is 17.4 Å². The standard InChI is InChI=1S/C23H17FO3/c1-15-5-2-3-7-17(15)14-26-19-9-10-20-21(13-19)27-22(23(20)25)12-16-6-4-8-18(24)11-16/h2-13H,14H2,1H3. The number of Topliss-reactive ketones (excluding diaryl/α,β-unsaturated/α-hetero) is 1. The van der Waals surface area contributed by atoms with Crippen molar-refractivity contribution < 1.29 is 18.7 Å². The number of ether oxygens (including phenoxy) is 2. The van der Waals surface area contributed by atoms with E-state index in [1.165, 1.54) is 12.1 Å². The van der Waals surface area contributed by atoms with Gasteiger partial charge in [0.15, 0.2) is 5.76 Å². The summed E-state index contributed by atoms with van der Waals surface area (Å²) in [5, 5.41) is 0. The SMILES string of the molecule is Cc1ccccc1COc1ccc2c(c1)OC(=Cc1cccc(F)c1)C2=O. The minimum atomic E-state index is -0.362. The molecule has 3 aromatic carbocycles. The third-order valence-electron chi connectivity index (χ3n) is 4.44. The molecule has 1 aliphatic heterocycles. The van der Waals surface area contributed by atoms with Gasteiger partial charge in [-0.15, -0.1) is 0 Å². The molecule has 1 aliphatic rings. The Morgan fingerprint density at radius 2 is 1.89 bits per heavy atom. The molecular weight excluding hydrogens is 343 g/mol. The number of halogens is 1. The number of carbonyl (C=O) groups excluding carboxylic acids is 1. The second-order valence-corrected chi connectivity index (χ2v) is 6.37. The Labute approximate surface area is 156 Å². The van der Waals surface area contributed by atoms with Crippen LogP contribution >= 0.6 is 0 Å². The maximum absolute atomic E-state index is 13.3. The van der Waals surface area contributed by atoms with E-state index in [2.05, 4.69) is 0 Å². The fourth-order valence-electron chi connectivity index (χ4n) is 2.94. The van der Waals surface area contributed by atoms with Crippen LogP contribution in [0.4, 0.5) is 4.39 Å². The lowest BCUT2D eigenvalue weighted by Crippen LogP contribution is -1.98. The maximum atomic E-state index is 13.3. The summed E-state index contributed by atoms with van der Waals surface area (Å²) < 4.78 is 24.9. The van der Waals surface area contributed by atoms with E-state index in [1.807, 2.05) is 31.2 Å². The molecular formula is C23H17FO3. The Bertz CT molecular complexity index is 1050. The van der Waals surface area contributed by atoms with Gasteiger partial charge in [0.25, 0.3) is 0 Å². The van der Waals surface area contributed by atoms with Crippen molar-refractivity contribution in [3.05, 3.63) is 101 Å². The predicted octanol–water partition coefficient (Wildman–Crippen LogP) is 5.33. The summed E-state index contributed by atoms with van der Waals surface area (Å²) in [7, 11) is 0. The van der Waals surface area contributed by atoms with Gasteiger partial charge < -0.3 is 9.47 Å². The van der Waals surface area contributed by atoms with Crippen LogP contribution in [0.25, 0.3) is 6.08 Å². The fraction of sp³-hybridized carbons (Fsp3) is 0.0870. The third kappa shape index (κ3) is 3.60. The van der Waals surface area contributed by atoms with E-state index < -0.39 is 0 Å². The topological polar surface area (TPSA) is 35.5 Å². The Morgan fingerprint density at radius 1 is 1.04 bits per heavy atom. The maximum Gasteiger partial charge on any atom is 0.231 e. The molecule has 3 nitrogen and oxygen atoms in total. The van der Waals surface area contributed by atoms with Crippen LogP contribution in [0, 0.1) is 12.7 Å². The van der Waals surface area contributed by atoms with E-state index in [1.54, 1.807) is 36.4 Å². The van der Waals surface area contributed by atoms with E-state index in [0.29, 0.717) is 29.2 Å². The number of carbonyl (C=O) groups is 1. The van der Waals surface area contributed by atoms with Gasteiger partial charge in [0.05, 0.1) is 5.56 Å². The van der Waals surface area contributed by atoms with Crippen LogP contribution in [0.2, 0.25) is 0 Å². The minimum absolute atomic E-state index is 0.173. The quantitative estimate of drug-likeness (QED) is 0.590. The number of ketones is 1. The van der Waals surface area contributed by atoms with Gasteiger partial charge in [-0.25, -0.2) is 4.39 Å². The van der Waals surface area contributed by atoms with Crippen LogP contribution in [0.15, 0.2) is 72.5 Å². The summed E-state index contributed by atoms with van der Waals surface area (Å²) in [6.07, 6.45) is 1.54. The number of rotatable bonds is 4. The first kappa shape index (κ1) is 17.0. The van der Waals surface area contributed by atoms with Gasteiger partial charge in [-0.1, -0.05) is 36.4 Å². The summed E-state index contributed by atoms with van der Waals surface area (Å²) in [4.78, 5) is 12.5. The van der Waals surface area contributed by atoms with E-state index in [0.717, 1.165) is 11.1 Å². The molecule has 0 aromatic heterocycles. The zero-order chi connectivity index (χ0) is 18.8. The zero-order valence-corrected chi connectivity index (χ0v) is 14.7. The summed E-state index contributed by atoms with van der Waals surface area (Å²) >= 11 is 0. The summed E-state index contributed by atoms with van der Waals surface area (Å²) in [6.45, 7) is 2.47. The van der Waals surface area contributed by atoms with Crippen molar-refractivity contribution in [3.63, 3.8) is 0 Å². The normalized spacial score (nSPS) is 14.1. The highest BCUT2D eigenvalue weighted by Gasteiger charge is 2.27. The van der Waals surface area contributed by atoms with Crippen molar-refractivity contribution >= 4 is 11.9 Å². The highest BCUT2D eigenvalue weighted by molar-refractivity contribution is 6.14. The predicted molar refractivity (Wildman–Crippen MR) is 101 cm³/mol. The number of fused-ring (bicyclic) bond motifs is 1. The molecule has 0 bridgehead atoms. The molecule has 1 heterocycles. The zero-order valence-electron chi connectivity index (χ0n) is 14.7. The number of hydrogen-bond donors (Lipinski definition) is 0. The van der Waals surface area contributed by atoms with E-state index >= 15 is 0 Å². The Balaban J connectivity index is 1.53. The molecule has 4 heteroatoms. The molecule has 0 aliphatic carbocycles. The summed E-state index contributed by atoms with van der Waals surface area (Å²) in [5.41, 5.74) is 3.30. The molecule has 0 amide bonds. The number of hydrogen-bond acceptors (Lipinski definition) is 3. The largest absolute Gasteiger partial charge is 0.489 e. The first-order chi connectivity index (χ1) is 13.1. The summed E-state index contributed by atoms with van der Waals surface area (Å²) in [6, 6.07) is 19.2. The van der Waals surface area contributed by atoms with Crippen molar-refractivity contribution in [2.45, 2.75) is 13.5 Å². The molecule has 3 aromatic rings. The van der Waals surface area contributed by atoms with Crippen LogP contribution in [-0.2, 0) is 6.61 Å². The highest BCUT2D eigenvalue weighted by Crippen LogP contribution is 2.35. The van der Waals surface area contributed by atoms with Crippen LogP contribution in [0.5, 0.6) is 11.5 Å². The molecule has 0 atom stereocenters. The second kappa shape index (κ2) is 7.08. The van der Waals surface area contributed by atoms with Gasteiger partial charge in [-0.3, -0.25) is 4.79 Å². The van der Waals surface area contributed by atoms with Crippen molar-refractivity contribution in [1.29, 1.82) is 0 Å².